The summed E-state index contributed by atoms with van der Waals surface area (Å²) in [6.07, 6.45) is 0. The molecule has 2 N–H and O–H groups in total. The fourth-order valence-corrected chi connectivity index (χ4v) is 3.44. The zero-order valence-electron chi connectivity index (χ0n) is 13.4. The fourth-order valence-electron chi connectivity index (χ4n) is 2.26. The first-order valence-corrected chi connectivity index (χ1v) is 8.82. The van der Waals surface area contributed by atoms with Crippen molar-refractivity contribution in [2.75, 3.05) is 46.4 Å². The van der Waals surface area contributed by atoms with Gasteiger partial charge in [-0.1, -0.05) is 10.6 Å². The van der Waals surface area contributed by atoms with Crippen molar-refractivity contribution in [1.29, 1.82) is 0 Å². The van der Waals surface area contributed by atoms with Gasteiger partial charge in [0, 0.05) is 45.4 Å². The number of rotatable bonds is 7. The Bertz CT molecular complexity index is 677. The van der Waals surface area contributed by atoms with Crippen molar-refractivity contribution in [2.24, 2.45) is 5.84 Å². The second kappa shape index (κ2) is 7.96. The number of hydrogen-bond acceptors (Lipinski definition) is 8. The molecule has 10 nitrogen and oxygen atoms in total. The van der Waals surface area contributed by atoms with E-state index >= 15 is 0 Å². The topological polar surface area (TPSA) is 122 Å². The van der Waals surface area contributed by atoms with Crippen LogP contribution in [0, 0.1) is 10.1 Å². The van der Waals surface area contributed by atoms with E-state index in [-0.39, 0.29) is 10.6 Å². The van der Waals surface area contributed by atoms with Crippen LogP contribution in [0.5, 0.6) is 0 Å². The van der Waals surface area contributed by atoms with Gasteiger partial charge in [0.05, 0.1) is 23.0 Å². The van der Waals surface area contributed by atoms with Crippen molar-refractivity contribution in [3.8, 4) is 0 Å². The molecule has 1 aromatic carbocycles. The number of nitro groups is 1. The Kier molecular flexibility index (Phi) is 6.21. The number of benzene rings is 1. The normalized spacial score (nSPS) is 16.7. The van der Waals surface area contributed by atoms with Gasteiger partial charge < -0.3 is 4.74 Å². The number of ether oxygens (including phenoxy) is 1. The van der Waals surface area contributed by atoms with E-state index in [1.165, 1.54) is 23.2 Å². The molecule has 0 bridgehead atoms. The maximum atomic E-state index is 12.5. The molecule has 1 aliphatic heterocycles. The standard InChI is InChI=1S/C13H21N5O5S/c1-15(5-6-16-7-9-23-10-8-16)18(14)24(21,22)13-4-2-3-12(11-13)17(19)20/h2-4,11H,5-10,14H2,1H3. The third-order valence-corrected chi connectivity index (χ3v) is 5.37. The lowest BCUT2D eigenvalue weighted by Gasteiger charge is -2.31. The van der Waals surface area contributed by atoms with Crippen molar-refractivity contribution in [3.63, 3.8) is 0 Å². The molecular formula is C13H21N5O5S. The molecule has 0 radical (unpaired) electrons. The highest BCUT2D eigenvalue weighted by Crippen LogP contribution is 2.20. The average Bonchev–Trinajstić information content (AvgIpc) is 2.60. The van der Waals surface area contributed by atoms with Crippen LogP contribution < -0.4 is 5.84 Å². The Labute approximate surface area is 140 Å². The van der Waals surface area contributed by atoms with E-state index in [2.05, 4.69) is 4.90 Å². The number of hydrazine groups is 2. The molecule has 1 fully saturated rings. The van der Waals surface area contributed by atoms with Gasteiger partial charge in [0.15, 0.2) is 0 Å². The summed E-state index contributed by atoms with van der Waals surface area (Å²) < 4.78 is 30.9. The van der Waals surface area contributed by atoms with Gasteiger partial charge in [-0.3, -0.25) is 15.0 Å². The van der Waals surface area contributed by atoms with Crippen LogP contribution in [0.25, 0.3) is 0 Å². The van der Waals surface area contributed by atoms with E-state index in [0.29, 0.717) is 30.8 Å². The molecule has 0 spiro atoms. The number of non-ortho nitro benzene ring substituents is 1. The summed E-state index contributed by atoms with van der Waals surface area (Å²) in [5, 5.41) is 12.2. The molecule has 1 heterocycles. The van der Waals surface area contributed by atoms with Crippen LogP contribution in [0.15, 0.2) is 29.2 Å². The van der Waals surface area contributed by atoms with Crippen LogP contribution in [-0.4, -0.2) is 74.2 Å². The number of nitrogens with zero attached hydrogens (tertiary/aromatic N) is 4. The number of morpholine rings is 1. The molecule has 2 rings (SSSR count). The van der Waals surface area contributed by atoms with Crippen molar-refractivity contribution in [1.82, 2.24) is 14.4 Å². The van der Waals surface area contributed by atoms with Crippen LogP contribution in [0.4, 0.5) is 5.69 Å². The Morgan fingerprint density at radius 3 is 2.67 bits per heavy atom. The third-order valence-electron chi connectivity index (χ3n) is 3.75. The highest BCUT2D eigenvalue weighted by atomic mass is 32.2. The molecule has 134 valence electrons. The van der Waals surface area contributed by atoms with E-state index in [1.54, 1.807) is 7.05 Å². The summed E-state index contributed by atoms with van der Waals surface area (Å²) in [5.41, 5.74) is -0.305. The van der Waals surface area contributed by atoms with E-state index in [9.17, 15) is 18.5 Å². The quantitative estimate of drug-likeness (QED) is 0.398. The van der Waals surface area contributed by atoms with E-state index < -0.39 is 14.9 Å². The number of sulfonamides is 1. The SMILES string of the molecule is CN(CCN1CCOCC1)N(N)S(=O)(=O)c1cccc([N+](=O)[O-])c1. The second-order valence-electron chi connectivity index (χ2n) is 5.37. The van der Waals surface area contributed by atoms with Gasteiger partial charge in [0.2, 0.25) is 0 Å². The zero-order chi connectivity index (χ0) is 17.7. The summed E-state index contributed by atoms with van der Waals surface area (Å²) in [7, 11) is -2.51. The molecule has 0 aromatic heterocycles. The predicted octanol–water partition coefficient (Wildman–Crippen LogP) is -0.362. The molecule has 24 heavy (non-hydrogen) atoms. The lowest BCUT2D eigenvalue weighted by Crippen LogP contribution is -2.51. The Balaban J connectivity index is 2.04. The monoisotopic (exact) mass is 359 g/mol. The Morgan fingerprint density at radius 2 is 2.04 bits per heavy atom. The highest BCUT2D eigenvalue weighted by Gasteiger charge is 2.27. The first kappa shape index (κ1) is 18.7. The molecule has 11 heteroatoms. The van der Waals surface area contributed by atoms with Gasteiger partial charge in [0.1, 0.15) is 0 Å². The maximum Gasteiger partial charge on any atom is 0.270 e. The largest absolute Gasteiger partial charge is 0.379 e. The van der Waals surface area contributed by atoms with Crippen molar-refractivity contribution in [2.45, 2.75) is 4.90 Å². The van der Waals surface area contributed by atoms with Gasteiger partial charge >= 0.3 is 0 Å². The van der Waals surface area contributed by atoms with E-state index in [1.807, 2.05) is 0 Å². The van der Waals surface area contributed by atoms with E-state index in [4.69, 9.17) is 10.6 Å². The van der Waals surface area contributed by atoms with Crippen LogP contribution >= 0.6 is 0 Å². The number of likely N-dealkylation sites (N-methyl/N-ethyl adjacent to an activating group) is 1. The molecule has 0 amide bonds. The number of nitrogens with two attached hydrogens (primary N) is 1. The summed E-state index contributed by atoms with van der Waals surface area (Å²) in [6, 6.07) is 4.80. The summed E-state index contributed by atoms with van der Waals surface area (Å²) in [6.45, 7) is 3.92. The second-order valence-corrected chi connectivity index (χ2v) is 7.16. The minimum Gasteiger partial charge on any atom is -0.379 e. The molecule has 1 saturated heterocycles. The van der Waals surface area contributed by atoms with Gasteiger partial charge in [0.25, 0.3) is 15.7 Å². The summed E-state index contributed by atoms with van der Waals surface area (Å²) in [5.74, 6) is 5.73. The fraction of sp³-hybridized carbons (Fsp3) is 0.538. The summed E-state index contributed by atoms with van der Waals surface area (Å²) in [4.78, 5) is 12.1. The van der Waals surface area contributed by atoms with Crippen LogP contribution in [0.1, 0.15) is 0 Å². The first-order valence-electron chi connectivity index (χ1n) is 7.38. The number of hydrogen-bond donors (Lipinski definition) is 1. The molecule has 0 unspecified atom stereocenters. The molecule has 1 aliphatic rings. The van der Waals surface area contributed by atoms with Crippen molar-refractivity contribution in [3.05, 3.63) is 34.4 Å². The molecule has 0 aliphatic carbocycles. The van der Waals surface area contributed by atoms with Crippen molar-refractivity contribution < 1.29 is 18.1 Å². The van der Waals surface area contributed by atoms with Crippen LogP contribution in [0.3, 0.4) is 0 Å². The van der Waals surface area contributed by atoms with E-state index in [0.717, 1.165) is 19.2 Å². The highest BCUT2D eigenvalue weighted by molar-refractivity contribution is 7.89. The Hall–Kier alpha value is -1.63. The lowest BCUT2D eigenvalue weighted by atomic mass is 10.3. The number of nitro benzene ring substituents is 1. The predicted molar refractivity (Wildman–Crippen MR) is 86.2 cm³/mol. The zero-order valence-corrected chi connectivity index (χ0v) is 14.2. The Morgan fingerprint density at radius 1 is 1.38 bits per heavy atom. The lowest BCUT2D eigenvalue weighted by molar-refractivity contribution is -0.385. The molecular weight excluding hydrogens is 338 g/mol. The van der Waals surface area contributed by atoms with Crippen LogP contribution in [-0.2, 0) is 14.8 Å². The van der Waals surface area contributed by atoms with Gasteiger partial charge in [-0.25, -0.2) is 19.3 Å². The first-order chi connectivity index (χ1) is 11.3. The van der Waals surface area contributed by atoms with Gasteiger partial charge in [-0.2, -0.15) is 0 Å². The molecule has 0 saturated carbocycles. The molecule has 0 atom stereocenters. The van der Waals surface area contributed by atoms with Crippen LogP contribution in [0.2, 0.25) is 0 Å². The smallest absolute Gasteiger partial charge is 0.270 e. The minimum atomic E-state index is -4.06. The van der Waals surface area contributed by atoms with Gasteiger partial charge in [-0.15, -0.1) is 0 Å². The minimum absolute atomic E-state index is 0.225. The maximum absolute atomic E-state index is 12.5. The van der Waals surface area contributed by atoms with Crippen molar-refractivity contribution >= 4 is 15.7 Å². The molecule has 1 aromatic rings. The van der Waals surface area contributed by atoms with Gasteiger partial charge in [-0.05, 0) is 6.07 Å². The third kappa shape index (κ3) is 4.47. The summed E-state index contributed by atoms with van der Waals surface area (Å²) >= 11 is 0. The average molecular weight is 359 g/mol.